The Morgan fingerprint density at radius 3 is 3.00 bits per heavy atom. The summed E-state index contributed by atoms with van der Waals surface area (Å²) in [5.41, 5.74) is 3.09. The highest BCUT2D eigenvalue weighted by Crippen LogP contribution is 2.19. The molecule has 0 bridgehead atoms. The Morgan fingerprint density at radius 2 is 2.16 bits per heavy atom. The van der Waals surface area contributed by atoms with Crippen LogP contribution in [0.1, 0.15) is 21.5 Å². The first-order valence-corrected chi connectivity index (χ1v) is 6.38. The maximum atomic E-state index is 12.3. The van der Waals surface area contributed by atoms with Crippen molar-refractivity contribution in [3.8, 4) is 0 Å². The summed E-state index contributed by atoms with van der Waals surface area (Å²) in [6, 6.07) is 11.4. The van der Waals surface area contributed by atoms with Crippen LogP contribution in [-0.4, -0.2) is 17.4 Å². The van der Waals surface area contributed by atoms with Gasteiger partial charge in [-0.25, -0.2) is 4.98 Å². The van der Waals surface area contributed by atoms with Crippen molar-refractivity contribution < 1.29 is 4.79 Å². The lowest BCUT2D eigenvalue weighted by Gasteiger charge is -2.19. The van der Waals surface area contributed by atoms with Crippen LogP contribution in [0.15, 0.2) is 42.6 Å². The largest absolute Gasteiger partial charge is 0.312 e. The molecule has 0 saturated carbocycles. The van der Waals surface area contributed by atoms with Gasteiger partial charge in [0, 0.05) is 18.3 Å². The fourth-order valence-electron chi connectivity index (χ4n) is 2.35. The summed E-state index contributed by atoms with van der Waals surface area (Å²) in [4.78, 5) is 16.4. The number of carbonyl (C=O) groups is 1. The van der Waals surface area contributed by atoms with E-state index in [9.17, 15) is 4.79 Å². The van der Waals surface area contributed by atoms with Gasteiger partial charge in [0.2, 0.25) is 0 Å². The van der Waals surface area contributed by atoms with Crippen LogP contribution in [0.4, 0.5) is 5.82 Å². The first kappa shape index (κ1) is 11.9. The molecule has 1 amide bonds. The molecule has 1 aromatic heterocycles. The molecule has 1 aliphatic rings. The van der Waals surface area contributed by atoms with Crippen molar-refractivity contribution in [2.24, 2.45) is 0 Å². The fraction of sp³-hybridized carbons (Fsp3) is 0.200. The molecule has 2 heterocycles. The number of nitrogens with zero attached hydrogens (tertiary/aromatic N) is 1. The van der Waals surface area contributed by atoms with Crippen molar-refractivity contribution in [1.82, 2.24) is 10.3 Å². The van der Waals surface area contributed by atoms with E-state index in [0.29, 0.717) is 5.82 Å². The summed E-state index contributed by atoms with van der Waals surface area (Å²) in [6.45, 7) is 1.72. The third-order valence-corrected chi connectivity index (χ3v) is 3.30. The summed E-state index contributed by atoms with van der Waals surface area (Å²) in [5, 5.41) is 6.13. The van der Waals surface area contributed by atoms with E-state index >= 15 is 0 Å². The van der Waals surface area contributed by atoms with Crippen LogP contribution in [0.5, 0.6) is 0 Å². The molecular formula is C15H15N3O. The number of amides is 1. The number of fused-ring (bicyclic) bond motifs is 1. The Balaban J connectivity index is 1.88. The van der Waals surface area contributed by atoms with Gasteiger partial charge in [0.25, 0.3) is 5.91 Å². The van der Waals surface area contributed by atoms with Crippen LogP contribution < -0.4 is 10.6 Å². The van der Waals surface area contributed by atoms with Gasteiger partial charge in [-0.1, -0.05) is 18.2 Å². The first-order chi connectivity index (χ1) is 9.34. The lowest BCUT2D eigenvalue weighted by molar-refractivity contribution is 0.102. The number of benzene rings is 1. The van der Waals surface area contributed by atoms with E-state index in [4.69, 9.17) is 0 Å². The van der Waals surface area contributed by atoms with E-state index in [0.717, 1.165) is 30.6 Å². The molecule has 96 valence electrons. The zero-order chi connectivity index (χ0) is 13.1. The van der Waals surface area contributed by atoms with E-state index in [1.807, 2.05) is 24.3 Å². The Hall–Kier alpha value is -2.20. The number of nitrogens with one attached hydrogen (secondary N) is 2. The number of hydrogen-bond donors (Lipinski definition) is 2. The van der Waals surface area contributed by atoms with Crippen molar-refractivity contribution in [2.75, 3.05) is 11.9 Å². The molecule has 0 fully saturated rings. The summed E-state index contributed by atoms with van der Waals surface area (Å²) in [6.07, 6.45) is 2.64. The van der Waals surface area contributed by atoms with Crippen LogP contribution in [0.2, 0.25) is 0 Å². The number of rotatable bonds is 2. The molecule has 0 aliphatic carbocycles. The van der Waals surface area contributed by atoms with E-state index in [2.05, 4.69) is 21.7 Å². The monoisotopic (exact) mass is 253 g/mol. The lowest BCUT2D eigenvalue weighted by atomic mass is 9.95. The maximum Gasteiger partial charge on any atom is 0.257 e. The van der Waals surface area contributed by atoms with Crippen LogP contribution in [0.3, 0.4) is 0 Å². The van der Waals surface area contributed by atoms with E-state index in [1.165, 1.54) is 5.56 Å². The molecule has 0 radical (unpaired) electrons. The van der Waals surface area contributed by atoms with Crippen molar-refractivity contribution in [1.29, 1.82) is 0 Å². The molecule has 0 unspecified atom stereocenters. The van der Waals surface area contributed by atoms with Crippen LogP contribution in [0, 0.1) is 0 Å². The Bertz CT molecular complexity index is 596. The molecule has 2 aromatic rings. The van der Waals surface area contributed by atoms with Gasteiger partial charge in [0.15, 0.2) is 0 Å². The number of hydrogen-bond acceptors (Lipinski definition) is 3. The van der Waals surface area contributed by atoms with Crippen LogP contribution >= 0.6 is 0 Å². The maximum absolute atomic E-state index is 12.3. The Morgan fingerprint density at radius 1 is 1.21 bits per heavy atom. The van der Waals surface area contributed by atoms with Gasteiger partial charge in [-0.05, 0) is 42.3 Å². The fourth-order valence-corrected chi connectivity index (χ4v) is 2.35. The number of pyridine rings is 1. The normalized spacial score (nSPS) is 13.7. The second kappa shape index (κ2) is 5.20. The van der Waals surface area contributed by atoms with Crippen molar-refractivity contribution >= 4 is 11.7 Å². The number of carbonyl (C=O) groups excluding carboxylic acids is 1. The van der Waals surface area contributed by atoms with E-state index in [1.54, 1.807) is 12.3 Å². The van der Waals surface area contributed by atoms with Gasteiger partial charge in [0.1, 0.15) is 5.82 Å². The summed E-state index contributed by atoms with van der Waals surface area (Å²) >= 11 is 0. The summed E-state index contributed by atoms with van der Waals surface area (Å²) in [7, 11) is 0. The minimum atomic E-state index is -0.0979. The quantitative estimate of drug-likeness (QED) is 0.860. The summed E-state index contributed by atoms with van der Waals surface area (Å²) in [5.74, 6) is 0.480. The van der Waals surface area contributed by atoms with Crippen LogP contribution in [-0.2, 0) is 13.0 Å². The van der Waals surface area contributed by atoms with E-state index < -0.39 is 0 Å². The smallest absolute Gasteiger partial charge is 0.257 e. The number of aromatic nitrogens is 1. The molecule has 4 nitrogen and oxygen atoms in total. The SMILES string of the molecule is O=C(Nc1ccccn1)c1cccc2c1CNCC2. The molecular weight excluding hydrogens is 238 g/mol. The number of anilines is 1. The van der Waals surface area contributed by atoms with Gasteiger partial charge in [0.05, 0.1) is 0 Å². The third-order valence-electron chi connectivity index (χ3n) is 3.30. The molecule has 3 rings (SSSR count). The van der Waals surface area contributed by atoms with Crippen molar-refractivity contribution in [3.05, 3.63) is 59.3 Å². The molecule has 0 saturated heterocycles. The minimum absolute atomic E-state index is 0.0979. The first-order valence-electron chi connectivity index (χ1n) is 6.38. The lowest BCUT2D eigenvalue weighted by Crippen LogP contribution is -2.27. The van der Waals surface area contributed by atoms with Gasteiger partial charge in [-0.15, -0.1) is 0 Å². The van der Waals surface area contributed by atoms with Crippen molar-refractivity contribution in [3.63, 3.8) is 0 Å². The predicted octanol–water partition coefficient (Wildman–Crippen LogP) is 1.98. The Kier molecular flexibility index (Phi) is 3.25. The topological polar surface area (TPSA) is 54.0 Å². The van der Waals surface area contributed by atoms with Crippen LogP contribution in [0.25, 0.3) is 0 Å². The molecule has 0 spiro atoms. The van der Waals surface area contributed by atoms with Gasteiger partial charge < -0.3 is 10.6 Å². The Labute approximate surface area is 111 Å². The average Bonchev–Trinajstić information content (AvgIpc) is 2.47. The molecule has 4 heteroatoms. The summed E-state index contributed by atoms with van der Waals surface area (Å²) < 4.78 is 0. The standard InChI is InChI=1S/C15H15N3O/c19-15(18-14-6-1-2-8-17-14)12-5-3-4-11-7-9-16-10-13(11)12/h1-6,8,16H,7,9-10H2,(H,17,18,19). The van der Waals surface area contributed by atoms with Gasteiger partial charge in [-0.2, -0.15) is 0 Å². The highest BCUT2D eigenvalue weighted by molar-refractivity contribution is 6.05. The predicted molar refractivity (Wildman–Crippen MR) is 74.0 cm³/mol. The van der Waals surface area contributed by atoms with E-state index in [-0.39, 0.29) is 5.91 Å². The van der Waals surface area contributed by atoms with Gasteiger partial charge in [-0.3, -0.25) is 4.79 Å². The third kappa shape index (κ3) is 2.48. The molecule has 19 heavy (non-hydrogen) atoms. The second-order valence-electron chi connectivity index (χ2n) is 4.54. The highest BCUT2D eigenvalue weighted by Gasteiger charge is 2.17. The minimum Gasteiger partial charge on any atom is -0.312 e. The zero-order valence-electron chi connectivity index (χ0n) is 10.5. The van der Waals surface area contributed by atoms with Crippen molar-refractivity contribution in [2.45, 2.75) is 13.0 Å². The molecule has 0 atom stereocenters. The highest BCUT2D eigenvalue weighted by atomic mass is 16.1. The molecule has 1 aliphatic heterocycles. The zero-order valence-corrected chi connectivity index (χ0v) is 10.5. The second-order valence-corrected chi connectivity index (χ2v) is 4.54. The van der Waals surface area contributed by atoms with Gasteiger partial charge >= 0.3 is 0 Å². The molecule has 1 aromatic carbocycles. The molecule has 2 N–H and O–H groups in total. The average molecular weight is 253 g/mol.